The summed E-state index contributed by atoms with van der Waals surface area (Å²) < 4.78 is 7.24. The molecule has 2 amide bonds. The highest BCUT2D eigenvalue weighted by Gasteiger charge is 2.42. The first-order chi connectivity index (χ1) is 14.6. The Morgan fingerprint density at radius 1 is 1.13 bits per heavy atom. The van der Waals surface area contributed by atoms with Crippen molar-refractivity contribution < 1.29 is 14.3 Å². The molecule has 2 heterocycles. The molecule has 6 heteroatoms. The number of hydrogen-bond donors (Lipinski definition) is 1. The predicted octanol–water partition coefficient (Wildman–Crippen LogP) is 3.65. The van der Waals surface area contributed by atoms with Gasteiger partial charge in [-0.1, -0.05) is 43.7 Å². The van der Waals surface area contributed by atoms with Gasteiger partial charge in [0.15, 0.2) is 0 Å². The van der Waals surface area contributed by atoms with E-state index in [9.17, 15) is 9.59 Å². The van der Waals surface area contributed by atoms with E-state index in [4.69, 9.17) is 4.74 Å². The van der Waals surface area contributed by atoms with Crippen LogP contribution >= 0.6 is 0 Å². The van der Waals surface area contributed by atoms with E-state index in [0.717, 1.165) is 40.6 Å². The first-order valence-electron chi connectivity index (χ1n) is 10.4. The largest absolute Gasteiger partial charge is 0.497 e. The molecule has 1 N–H and O–H groups in total. The van der Waals surface area contributed by atoms with Gasteiger partial charge in [-0.15, -0.1) is 0 Å². The van der Waals surface area contributed by atoms with Crippen molar-refractivity contribution >= 4 is 22.7 Å². The first-order valence-corrected chi connectivity index (χ1v) is 10.4. The van der Waals surface area contributed by atoms with Crippen molar-refractivity contribution in [3.63, 3.8) is 0 Å². The van der Waals surface area contributed by atoms with Crippen LogP contribution in [0.15, 0.2) is 48.5 Å². The number of nitrogens with zero attached hydrogens (tertiary/aromatic N) is 2. The van der Waals surface area contributed by atoms with Crippen molar-refractivity contribution in [3.05, 3.63) is 65.4 Å². The maximum atomic E-state index is 13.5. The van der Waals surface area contributed by atoms with Crippen LogP contribution in [0.5, 0.6) is 5.75 Å². The van der Waals surface area contributed by atoms with Crippen molar-refractivity contribution in [2.75, 3.05) is 20.2 Å². The molecule has 0 spiro atoms. The van der Waals surface area contributed by atoms with Gasteiger partial charge in [-0.25, -0.2) is 0 Å². The molecule has 0 unspecified atom stereocenters. The van der Waals surface area contributed by atoms with E-state index in [1.54, 1.807) is 12.0 Å². The monoisotopic (exact) mass is 405 g/mol. The fourth-order valence-corrected chi connectivity index (χ4v) is 4.28. The van der Waals surface area contributed by atoms with E-state index in [1.165, 1.54) is 0 Å². The van der Waals surface area contributed by atoms with Gasteiger partial charge in [0.25, 0.3) is 5.91 Å². The van der Waals surface area contributed by atoms with Gasteiger partial charge in [0.1, 0.15) is 18.0 Å². The molecule has 6 nitrogen and oxygen atoms in total. The molecule has 0 bridgehead atoms. The molecule has 0 saturated heterocycles. The minimum Gasteiger partial charge on any atom is -0.497 e. The molecular formula is C24H27N3O3. The van der Waals surface area contributed by atoms with E-state index in [1.807, 2.05) is 60.1 Å². The normalized spacial score (nSPS) is 15.5. The molecule has 1 aromatic heterocycles. The van der Waals surface area contributed by atoms with Crippen molar-refractivity contribution in [3.8, 4) is 5.75 Å². The average Bonchev–Trinajstić information content (AvgIpc) is 3.21. The van der Waals surface area contributed by atoms with Crippen molar-refractivity contribution in [1.29, 1.82) is 0 Å². The summed E-state index contributed by atoms with van der Waals surface area (Å²) >= 11 is 0. The summed E-state index contributed by atoms with van der Waals surface area (Å²) in [6.07, 6.45) is 1.93. The van der Waals surface area contributed by atoms with Crippen LogP contribution < -0.4 is 10.1 Å². The van der Waals surface area contributed by atoms with Gasteiger partial charge in [0.05, 0.1) is 13.2 Å². The Labute approximate surface area is 176 Å². The van der Waals surface area contributed by atoms with Gasteiger partial charge in [-0.05, 0) is 30.2 Å². The molecule has 1 atom stereocenters. The fraction of sp³-hybridized carbons (Fsp3) is 0.333. The van der Waals surface area contributed by atoms with Crippen molar-refractivity contribution in [2.24, 2.45) is 7.05 Å². The Balaban J connectivity index is 1.78. The number of fused-ring (bicyclic) bond motifs is 3. The zero-order chi connectivity index (χ0) is 21.3. The number of para-hydroxylation sites is 1. The third-order valence-corrected chi connectivity index (χ3v) is 5.79. The lowest BCUT2D eigenvalue weighted by Gasteiger charge is -2.26. The zero-order valence-electron chi connectivity index (χ0n) is 17.6. The van der Waals surface area contributed by atoms with E-state index in [-0.39, 0.29) is 24.4 Å². The number of rotatable bonds is 7. The molecule has 2 aromatic carbocycles. The Kier molecular flexibility index (Phi) is 5.48. The molecule has 4 rings (SSSR count). The Bertz CT molecular complexity index is 1090. The summed E-state index contributed by atoms with van der Waals surface area (Å²) in [5, 5.41) is 3.97. The molecule has 0 saturated carbocycles. The highest BCUT2D eigenvalue weighted by atomic mass is 16.5. The second-order valence-corrected chi connectivity index (χ2v) is 7.65. The summed E-state index contributed by atoms with van der Waals surface area (Å²) in [6.45, 7) is 2.74. The quantitative estimate of drug-likeness (QED) is 0.611. The highest BCUT2D eigenvalue weighted by Crippen LogP contribution is 2.43. The van der Waals surface area contributed by atoms with E-state index in [2.05, 4.69) is 12.2 Å². The summed E-state index contributed by atoms with van der Waals surface area (Å²) in [5.41, 5.74) is 3.59. The van der Waals surface area contributed by atoms with Gasteiger partial charge in [0, 0.05) is 30.1 Å². The standard InChI is InChI=1S/C24H27N3O3/c1-4-5-14-25-20(28)15-27-22(16-10-12-17(30-3)13-11-16)21-18-8-6-7-9-19(18)26(2)23(21)24(27)29/h6-13,22H,4-5,14-15H2,1-3H3,(H,25,28)/t22-/m1/s1. The molecule has 156 valence electrons. The maximum absolute atomic E-state index is 13.5. The first kappa shape index (κ1) is 20.0. The molecule has 0 aliphatic carbocycles. The molecule has 0 radical (unpaired) electrons. The number of hydrogen-bond acceptors (Lipinski definition) is 3. The Morgan fingerprint density at radius 3 is 2.57 bits per heavy atom. The van der Waals surface area contributed by atoms with Crippen LogP contribution in [0.3, 0.4) is 0 Å². The third-order valence-electron chi connectivity index (χ3n) is 5.79. The SMILES string of the molecule is CCCCNC(=O)CN1C(=O)c2c(c3ccccc3n2C)[C@H]1c1ccc(OC)cc1. The molecule has 30 heavy (non-hydrogen) atoms. The molecule has 0 fully saturated rings. The van der Waals surface area contributed by atoms with Gasteiger partial charge < -0.3 is 19.5 Å². The number of carbonyl (C=O) groups excluding carboxylic acids is 2. The average molecular weight is 405 g/mol. The van der Waals surface area contributed by atoms with Gasteiger partial charge >= 0.3 is 0 Å². The van der Waals surface area contributed by atoms with Crippen LogP contribution in [0, 0.1) is 0 Å². The molecule has 1 aliphatic heterocycles. The summed E-state index contributed by atoms with van der Waals surface area (Å²) in [6, 6.07) is 15.4. The Hall–Kier alpha value is -3.28. The van der Waals surface area contributed by atoms with Gasteiger partial charge in [-0.2, -0.15) is 0 Å². The minimum absolute atomic E-state index is 0.0300. The van der Waals surface area contributed by atoms with Crippen molar-refractivity contribution in [2.45, 2.75) is 25.8 Å². The number of benzene rings is 2. The van der Waals surface area contributed by atoms with Gasteiger partial charge in [0.2, 0.25) is 5.91 Å². The fourth-order valence-electron chi connectivity index (χ4n) is 4.28. The van der Waals surface area contributed by atoms with Crippen LogP contribution in [0.1, 0.15) is 47.4 Å². The van der Waals surface area contributed by atoms with E-state index in [0.29, 0.717) is 12.2 Å². The number of aromatic nitrogens is 1. The smallest absolute Gasteiger partial charge is 0.272 e. The number of nitrogens with one attached hydrogen (secondary N) is 1. The van der Waals surface area contributed by atoms with E-state index < -0.39 is 0 Å². The number of methoxy groups -OCH3 is 1. The highest BCUT2D eigenvalue weighted by molar-refractivity contribution is 6.07. The number of ether oxygens (including phenoxy) is 1. The summed E-state index contributed by atoms with van der Waals surface area (Å²) in [7, 11) is 3.54. The topological polar surface area (TPSA) is 63.6 Å². The summed E-state index contributed by atoms with van der Waals surface area (Å²) in [5.74, 6) is 0.507. The molecule has 1 aliphatic rings. The van der Waals surface area contributed by atoms with Crippen LogP contribution in [0.4, 0.5) is 0 Å². The second kappa shape index (κ2) is 8.22. The number of amides is 2. The predicted molar refractivity (Wildman–Crippen MR) is 117 cm³/mol. The second-order valence-electron chi connectivity index (χ2n) is 7.65. The lowest BCUT2D eigenvalue weighted by atomic mass is 9.98. The van der Waals surface area contributed by atoms with Crippen LogP contribution in [-0.4, -0.2) is 41.5 Å². The lowest BCUT2D eigenvalue weighted by Crippen LogP contribution is -2.40. The van der Waals surface area contributed by atoms with E-state index >= 15 is 0 Å². The Morgan fingerprint density at radius 2 is 1.87 bits per heavy atom. The number of aryl methyl sites for hydroxylation is 1. The number of unbranched alkanes of at least 4 members (excludes halogenated alkanes) is 1. The van der Waals surface area contributed by atoms with Crippen molar-refractivity contribution in [1.82, 2.24) is 14.8 Å². The van der Waals surface area contributed by atoms with Crippen LogP contribution in [-0.2, 0) is 11.8 Å². The zero-order valence-corrected chi connectivity index (χ0v) is 17.6. The molecular weight excluding hydrogens is 378 g/mol. The lowest BCUT2D eigenvalue weighted by molar-refractivity contribution is -0.122. The molecule has 3 aromatic rings. The summed E-state index contributed by atoms with van der Waals surface area (Å²) in [4.78, 5) is 27.7. The maximum Gasteiger partial charge on any atom is 0.272 e. The third kappa shape index (κ3) is 3.32. The van der Waals surface area contributed by atoms with Crippen LogP contribution in [0.25, 0.3) is 10.9 Å². The minimum atomic E-state index is -0.318. The van der Waals surface area contributed by atoms with Gasteiger partial charge in [-0.3, -0.25) is 9.59 Å². The number of carbonyl (C=O) groups is 2. The van der Waals surface area contributed by atoms with Crippen LogP contribution in [0.2, 0.25) is 0 Å².